The number of anilines is 1. The molecule has 1 aromatic heterocycles. The van der Waals surface area contributed by atoms with Crippen molar-refractivity contribution in [3.05, 3.63) is 79.4 Å². The maximum absolute atomic E-state index is 12.9. The SMILES string of the molecule is O=C(Nc1nn(Cc2ccc(Cl)cc2Cl)cc1Cl)C1CCN(S(=O)(=O)c2ccc([N+](=O)[O-])cc2)CC1. The quantitative estimate of drug-likeness (QED) is 0.319. The van der Waals surface area contributed by atoms with Gasteiger partial charge in [0.2, 0.25) is 15.9 Å². The number of benzene rings is 2. The van der Waals surface area contributed by atoms with Crippen LogP contribution in [0.1, 0.15) is 18.4 Å². The summed E-state index contributed by atoms with van der Waals surface area (Å²) >= 11 is 18.4. The first kappa shape index (κ1) is 26.4. The maximum atomic E-state index is 12.9. The van der Waals surface area contributed by atoms with Crippen LogP contribution in [0.4, 0.5) is 11.5 Å². The molecule has 0 radical (unpaired) electrons. The van der Waals surface area contributed by atoms with E-state index in [1.807, 2.05) is 0 Å². The number of carbonyl (C=O) groups excluding carboxylic acids is 1. The van der Waals surface area contributed by atoms with E-state index in [0.717, 1.165) is 17.7 Å². The number of nitrogens with one attached hydrogen (secondary N) is 1. The van der Waals surface area contributed by atoms with Gasteiger partial charge in [-0.15, -0.1) is 0 Å². The van der Waals surface area contributed by atoms with Crippen molar-refractivity contribution in [2.45, 2.75) is 24.3 Å². The van der Waals surface area contributed by atoms with Crippen LogP contribution in [0, 0.1) is 16.0 Å². The Morgan fingerprint density at radius 3 is 2.36 bits per heavy atom. The Labute approximate surface area is 221 Å². The first-order chi connectivity index (χ1) is 17.0. The molecule has 10 nitrogen and oxygen atoms in total. The molecule has 0 unspecified atom stereocenters. The van der Waals surface area contributed by atoms with Gasteiger partial charge in [0.25, 0.3) is 5.69 Å². The van der Waals surface area contributed by atoms with E-state index < -0.39 is 20.9 Å². The average Bonchev–Trinajstić information content (AvgIpc) is 3.19. The number of hydrogen-bond acceptors (Lipinski definition) is 6. The summed E-state index contributed by atoms with van der Waals surface area (Å²) in [6.07, 6.45) is 2.18. The summed E-state index contributed by atoms with van der Waals surface area (Å²) in [6, 6.07) is 9.83. The van der Waals surface area contributed by atoms with Gasteiger partial charge < -0.3 is 5.32 Å². The van der Waals surface area contributed by atoms with Crippen LogP contribution in [0.5, 0.6) is 0 Å². The predicted molar refractivity (Wildman–Crippen MR) is 136 cm³/mol. The lowest BCUT2D eigenvalue weighted by Crippen LogP contribution is -2.41. The lowest BCUT2D eigenvalue weighted by molar-refractivity contribution is -0.384. The third-order valence-electron chi connectivity index (χ3n) is 5.82. The number of nitro benzene ring substituents is 1. The molecule has 1 N–H and O–H groups in total. The molecular weight excluding hydrogens is 553 g/mol. The summed E-state index contributed by atoms with van der Waals surface area (Å²) in [4.78, 5) is 23.0. The van der Waals surface area contributed by atoms with Gasteiger partial charge in [0.1, 0.15) is 5.02 Å². The largest absolute Gasteiger partial charge is 0.308 e. The molecule has 3 aromatic rings. The fourth-order valence-electron chi connectivity index (χ4n) is 3.85. The molecule has 1 amide bonds. The molecule has 1 saturated heterocycles. The van der Waals surface area contributed by atoms with Gasteiger partial charge in [0, 0.05) is 47.4 Å². The summed E-state index contributed by atoms with van der Waals surface area (Å²) in [5.74, 6) is -0.535. The lowest BCUT2D eigenvalue weighted by Gasteiger charge is -2.30. The van der Waals surface area contributed by atoms with Crippen molar-refractivity contribution in [1.29, 1.82) is 0 Å². The van der Waals surface area contributed by atoms with Crippen LogP contribution in [0.2, 0.25) is 15.1 Å². The van der Waals surface area contributed by atoms with Crippen molar-refractivity contribution < 1.29 is 18.1 Å². The molecule has 1 aliphatic heterocycles. The van der Waals surface area contributed by atoms with E-state index in [1.165, 1.54) is 16.4 Å². The number of non-ortho nitro benzene ring substituents is 1. The van der Waals surface area contributed by atoms with Crippen LogP contribution in [-0.4, -0.2) is 46.4 Å². The number of nitro groups is 1. The van der Waals surface area contributed by atoms with E-state index in [0.29, 0.717) is 29.4 Å². The molecule has 14 heteroatoms. The Bertz CT molecular complexity index is 1400. The van der Waals surface area contributed by atoms with Crippen LogP contribution in [0.15, 0.2) is 53.6 Å². The summed E-state index contributed by atoms with van der Waals surface area (Å²) in [5.41, 5.74) is 0.585. The van der Waals surface area contributed by atoms with Crippen molar-refractivity contribution in [2.24, 2.45) is 5.92 Å². The Morgan fingerprint density at radius 2 is 1.75 bits per heavy atom. The van der Waals surface area contributed by atoms with Gasteiger partial charge in [-0.3, -0.25) is 19.6 Å². The molecular formula is C22H20Cl3N5O5S. The van der Waals surface area contributed by atoms with Gasteiger partial charge in [0.05, 0.1) is 16.4 Å². The van der Waals surface area contributed by atoms with Crippen molar-refractivity contribution in [3.63, 3.8) is 0 Å². The number of piperidine rings is 1. The van der Waals surface area contributed by atoms with E-state index in [2.05, 4.69) is 10.4 Å². The third kappa shape index (κ3) is 5.81. The van der Waals surface area contributed by atoms with Crippen LogP contribution in [0.25, 0.3) is 0 Å². The zero-order valence-corrected chi connectivity index (χ0v) is 21.7. The number of rotatable bonds is 7. The monoisotopic (exact) mass is 571 g/mol. The Balaban J connectivity index is 1.36. The minimum absolute atomic E-state index is 0.0332. The highest BCUT2D eigenvalue weighted by Crippen LogP contribution is 2.28. The molecule has 4 rings (SSSR count). The minimum atomic E-state index is -3.83. The topological polar surface area (TPSA) is 127 Å². The molecule has 0 atom stereocenters. The summed E-state index contributed by atoms with van der Waals surface area (Å²) in [7, 11) is -3.83. The van der Waals surface area contributed by atoms with E-state index >= 15 is 0 Å². The van der Waals surface area contributed by atoms with E-state index in [1.54, 1.807) is 29.1 Å². The molecule has 0 bridgehead atoms. The van der Waals surface area contributed by atoms with Gasteiger partial charge in [-0.2, -0.15) is 9.40 Å². The highest BCUT2D eigenvalue weighted by molar-refractivity contribution is 7.89. The van der Waals surface area contributed by atoms with Gasteiger partial charge in [-0.25, -0.2) is 8.42 Å². The number of amides is 1. The number of nitrogens with zero attached hydrogens (tertiary/aromatic N) is 4. The van der Waals surface area contributed by atoms with Crippen molar-refractivity contribution >= 4 is 62.2 Å². The van der Waals surface area contributed by atoms with Crippen molar-refractivity contribution in [2.75, 3.05) is 18.4 Å². The third-order valence-corrected chi connectivity index (χ3v) is 8.59. The normalized spacial score (nSPS) is 15.1. The fourth-order valence-corrected chi connectivity index (χ4v) is 5.99. The van der Waals surface area contributed by atoms with Gasteiger partial charge >= 0.3 is 0 Å². The number of halogens is 3. The maximum Gasteiger partial charge on any atom is 0.269 e. The zero-order valence-electron chi connectivity index (χ0n) is 18.6. The van der Waals surface area contributed by atoms with Crippen LogP contribution in [-0.2, 0) is 21.4 Å². The molecule has 2 aromatic carbocycles. The van der Waals surface area contributed by atoms with E-state index in [9.17, 15) is 23.3 Å². The summed E-state index contributed by atoms with van der Waals surface area (Å²) < 4.78 is 28.6. The van der Waals surface area contributed by atoms with Gasteiger partial charge in [-0.05, 0) is 42.7 Å². The Morgan fingerprint density at radius 1 is 1.08 bits per heavy atom. The summed E-state index contributed by atoms with van der Waals surface area (Å²) in [6.45, 7) is 0.591. The molecule has 1 aliphatic rings. The average molecular weight is 573 g/mol. The second kappa shape index (κ2) is 10.7. The number of hydrogen-bond donors (Lipinski definition) is 1. The highest BCUT2D eigenvalue weighted by atomic mass is 35.5. The van der Waals surface area contributed by atoms with Crippen molar-refractivity contribution in [1.82, 2.24) is 14.1 Å². The second-order valence-corrected chi connectivity index (χ2v) is 11.4. The van der Waals surface area contributed by atoms with E-state index in [-0.39, 0.29) is 40.4 Å². The zero-order chi connectivity index (χ0) is 26.0. The second-order valence-electron chi connectivity index (χ2n) is 8.18. The van der Waals surface area contributed by atoms with Crippen LogP contribution in [0.3, 0.4) is 0 Å². The Kier molecular flexibility index (Phi) is 7.86. The van der Waals surface area contributed by atoms with Crippen LogP contribution >= 0.6 is 34.8 Å². The lowest BCUT2D eigenvalue weighted by atomic mass is 9.97. The molecule has 36 heavy (non-hydrogen) atoms. The smallest absolute Gasteiger partial charge is 0.269 e. The molecule has 0 spiro atoms. The first-order valence-corrected chi connectivity index (χ1v) is 13.3. The predicted octanol–water partition coefficient (Wildman–Crippen LogP) is 4.84. The highest BCUT2D eigenvalue weighted by Gasteiger charge is 2.32. The summed E-state index contributed by atoms with van der Waals surface area (Å²) in [5, 5.41) is 19.1. The number of aromatic nitrogens is 2. The Hall–Kier alpha value is -2.70. The van der Waals surface area contributed by atoms with Crippen LogP contribution < -0.4 is 5.32 Å². The fraction of sp³-hybridized carbons (Fsp3) is 0.273. The van der Waals surface area contributed by atoms with Gasteiger partial charge in [-0.1, -0.05) is 40.9 Å². The minimum Gasteiger partial charge on any atom is -0.308 e. The van der Waals surface area contributed by atoms with Gasteiger partial charge in [0.15, 0.2) is 5.82 Å². The molecule has 190 valence electrons. The molecule has 2 heterocycles. The number of sulfonamides is 1. The molecule has 0 saturated carbocycles. The standard InChI is InChI=1S/C22H20Cl3N5O5S/c23-16-2-1-15(19(24)11-16)12-28-13-20(25)21(27-28)26-22(31)14-7-9-29(10-8-14)36(34,35)18-5-3-17(4-6-18)30(32)33/h1-6,11,13-14H,7-10,12H2,(H,26,27,31). The first-order valence-electron chi connectivity index (χ1n) is 10.8. The molecule has 0 aliphatic carbocycles. The molecule has 1 fully saturated rings. The van der Waals surface area contributed by atoms with E-state index in [4.69, 9.17) is 34.8 Å². The number of carbonyl (C=O) groups is 1. The van der Waals surface area contributed by atoms with Crippen molar-refractivity contribution in [3.8, 4) is 0 Å².